The van der Waals surface area contributed by atoms with Crippen LogP contribution in [0.2, 0.25) is 0 Å². The van der Waals surface area contributed by atoms with Gasteiger partial charge in [-0.05, 0) is 87.3 Å². The number of phenols is 1. The molecule has 162 valence electrons. The first-order valence-electron chi connectivity index (χ1n) is 11.0. The maximum atomic E-state index is 12.1. The van der Waals surface area contributed by atoms with Crippen LogP contribution in [0.15, 0.2) is 42.5 Å². The molecule has 0 spiro atoms. The number of ketones is 1. The summed E-state index contributed by atoms with van der Waals surface area (Å²) < 4.78 is 0. The number of amides is 1. The molecular formula is C26H35NO3. The SMILES string of the molecule is CCC1CCC(C(=O)Nc2ccc(O)cc2)CC1.CCc1c(C)cccc1C(C)=O. The van der Waals surface area contributed by atoms with Gasteiger partial charge in [-0.25, -0.2) is 0 Å². The second kappa shape index (κ2) is 11.5. The Morgan fingerprint density at radius 1 is 1.00 bits per heavy atom. The Morgan fingerprint density at radius 3 is 2.13 bits per heavy atom. The zero-order valence-electron chi connectivity index (χ0n) is 18.7. The zero-order chi connectivity index (χ0) is 22.1. The number of benzene rings is 2. The third-order valence-electron chi connectivity index (χ3n) is 6.07. The average Bonchev–Trinajstić information content (AvgIpc) is 2.75. The van der Waals surface area contributed by atoms with Gasteiger partial charge in [0.05, 0.1) is 0 Å². The Kier molecular flexibility index (Phi) is 9.10. The number of Topliss-reactive ketones (excluding diaryl/α,β-unsaturated/α-hetero) is 1. The number of nitrogens with one attached hydrogen (secondary N) is 1. The number of hydrogen-bond donors (Lipinski definition) is 2. The Balaban J connectivity index is 0.000000232. The summed E-state index contributed by atoms with van der Waals surface area (Å²) in [5, 5.41) is 12.1. The van der Waals surface area contributed by atoms with E-state index in [0.29, 0.717) is 0 Å². The number of hydrogen-bond acceptors (Lipinski definition) is 3. The predicted octanol–water partition coefficient (Wildman–Crippen LogP) is 6.31. The van der Waals surface area contributed by atoms with Gasteiger partial charge in [-0.3, -0.25) is 9.59 Å². The van der Waals surface area contributed by atoms with E-state index in [1.807, 2.05) is 25.1 Å². The quantitative estimate of drug-likeness (QED) is 0.449. The molecule has 0 radical (unpaired) electrons. The Bertz CT molecular complexity index is 834. The van der Waals surface area contributed by atoms with Gasteiger partial charge in [0.2, 0.25) is 5.91 Å². The van der Waals surface area contributed by atoms with Crippen molar-refractivity contribution in [3.05, 3.63) is 59.2 Å². The molecule has 2 aromatic rings. The monoisotopic (exact) mass is 409 g/mol. The Morgan fingerprint density at radius 2 is 1.63 bits per heavy atom. The van der Waals surface area contributed by atoms with E-state index in [0.717, 1.165) is 36.4 Å². The fraction of sp³-hybridized carbons (Fsp3) is 0.462. The fourth-order valence-corrected chi connectivity index (χ4v) is 4.12. The molecule has 0 atom stereocenters. The van der Waals surface area contributed by atoms with Crippen LogP contribution in [0.3, 0.4) is 0 Å². The van der Waals surface area contributed by atoms with Gasteiger partial charge in [0.25, 0.3) is 0 Å². The minimum Gasteiger partial charge on any atom is -0.508 e. The maximum Gasteiger partial charge on any atom is 0.227 e. The van der Waals surface area contributed by atoms with Gasteiger partial charge >= 0.3 is 0 Å². The molecule has 1 aliphatic rings. The minimum absolute atomic E-state index is 0.121. The number of aromatic hydroxyl groups is 1. The number of aryl methyl sites for hydroxylation is 1. The van der Waals surface area contributed by atoms with Crippen molar-refractivity contribution in [2.24, 2.45) is 11.8 Å². The average molecular weight is 410 g/mol. The van der Waals surface area contributed by atoms with Gasteiger partial charge in [-0.2, -0.15) is 0 Å². The number of rotatable bonds is 5. The number of phenolic OH excluding ortho intramolecular Hbond substituents is 1. The van der Waals surface area contributed by atoms with E-state index in [1.165, 1.54) is 30.4 Å². The molecule has 1 aliphatic carbocycles. The maximum absolute atomic E-state index is 12.1. The largest absolute Gasteiger partial charge is 0.508 e. The molecule has 0 saturated heterocycles. The van der Waals surface area contributed by atoms with Crippen LogP contribution in [-0.4, -0.2) is 16.8 Å². The Labute approximate surface area is 180 Å². The van der Waals surface area contributed by atoms with Crippen LogP contribution in [0.1, 0.15) is 74.4 Å². The molecule has 30 heavy (non-hydrogen) atoms. The molecule has 2 N–H and O–H groups in total. The molecule has 1 fully saturated rings. The lowest BCUT2D eigenvalue weighted by Crippen LogP contribution is -2.27. The van der Waals surface area contributed by atoms with E-state index in [9.17, 15) is 14.7 Å². The van der Waals surface area contributed by atoms with E-state index in [1.54, 1.807) is 31.2 Å². The summed E-state index contributed by atoms with van der Waals surface area (Å²) >= 11 is 0. The molecule has 1 saturated carbocycles. The highest BCUT2D eigenvalue weighted by Gasteiger charge is 2.25. The molecule has 3 rings (SSSR count). The van der Waals surface area contributed by atoms with Crippen molar-refractivity contribution in [3.63, 3.8) is 0 Å². The second-order valence-corrected chi connectivity index (χ2v) is 8.17. The summed E-state index contributed by atoms with van der Waals surface area (Å²) in [5.41, 5.74) is 4.03. The van der Waals surface area contributed by atoms with E-state index < -0.39 is 0 Å². The number of carbonyl (C=O) groups excluding carboxylic acids is 2. The van der Waals surface area contributed by atoms with Crippen molar-refractivity contribution in [2.75, 3.05) is 5.32 Å². The van der Waals surface area contributed by atoms with E-state index in [-0.39, 0.29) is 23.4 Å². The van der Waals surface area contributed by atoms with Crippen LogP contribution in [0.25, 0.3) is 0 Å². The second-order valence-electron chi connectivity index (χ2n) is 8.17. The van der Waals surface area contributed by atoms with Crippen molar-refractivity contribution in [3.8, 4) is 5.75 Å². The molecular weight excluding hydrogens is 374 g/mol. The molecule has 0 bridgehead atoms. The van der Waals surface area contributed by atoms with Crippen LogP contribution in [0.4, 0.5) is 5.69 Å². The predicted molar refractivity (Wildman–Crippen MR) is 123 cm³/mol. The van der Waals surface area contributed by atoms with Gasteiger partial charge in [0.1, 0.15) is 5.75 Å². The molecule has 0 heterocycles. The third-order valence-corrected chi connectivity index (χ3v) is 6.07. The summed E-state index contributed by atoms with van der Waals surface area (Å²) in [6.45, 7) is 7.97. The fourth-order valence-electron chi connectivity index (χ4n) is 4.12. The van der Waals surface area contributed by atoms with E-state index in [4.69, 9.17) is 0 Å². The van der Waals surface area contributed by atoms with Crippen molar-refractivity contribution in [2.45, 2.75) is 66.2 Å². The highest BCUT2D eigenvalue weighted by molar-refractivity contribution is 5.95. The van der Waals surface area contributed by atoms with Crippen molar-refractivity contribution < 1.29 is 14.7 Å². The lowest BCUT2D eigenvalue weighted by atomic mass is 9.80. The molecule has 4 nitrogen and oxygen atoms in total. The summed E-state index contributed by atoms with van der Waals surface area (Å²) in [5.74, 6) is 1.46. The lowest BCUT2D eigenvalue weighted by Gasteiger charge is -2.26. The summed E-state index contributed by atoms with van der Waals surface area (Å²) in [7, 11) is 0. The zero-order valence-corrected chi connectivity index (χ0v) is 18.7. The molecule has 4 heteroatoms. The molecule has 1 amide bonds. The van der Waals surface area contributed by atoms with Crippen molar-refractivity contribution in [1.29, 1.82) is 0 Å². The van der Waals surface area contributed by atoms with Crippen LogP contribution in [0, 0.1) is 18.8 Å². The van der Waals surface area contributed by atoms with Gasteiger partial charge in [-0.15, -0.1) is 0 Å². The molecule has 0 unspecified atom stereocenters. The summed E-state index contributed by atoms with van der Waals surface area (Å²) in [6, 6.07) is 12.5. The van der Waals surface area contributed by atoms with Gasteiger partial charge in [0, 0.05) is 17.2 Å². The molecule has 0 aromatic heterocycles. The van der Waals surface area contributed by atoms with E-state index in [2.05, 4.69) is 19.2 Å². The topological polar surface area (TPSA) is 66.4 Å². The minimum atomic E-state index is 0.121. The third kappa shape index (κ3) is 6.72. The molecule has 0 aliphatic heterocycles. The van der Waals surface area contributed by atoms with Crippen LogP contribution in [0.5, 0.6) is 5.75 Å². The van der Waals surface area contributed by atoms with Gasteiger partial charge < -0.3 is 10.4 Å². The normalized spacial score (nSPS) is 18.1. The summed E-state index contributed by atoms with van der Waals surface area (Å²) in [6.07, 6.45) is 6.51. The standard InChI is InChI=1S/C15H21NO2.C11H14O/c1-2-11-3-5-12(6-4-11)15(18)16-13-7-9-14(17)10-8-13;1-4-10-8(2)6-5-7-11(10)9(3)12/h7-12,17H,2-6H2,1H3,(H,16,18);5-7H,4H2,1-3H3. The first kappa shape index (κ1) is 23.7. The number of carbonyl (C=O) groups is 2. The smallest absolute Gasteiger partial charge is 0.227 e. The van der Waals surface area contributed by atoms with Crippen molar-refractivity contribution in [1.82, 2.24) is 0 Å². The highest BCUT2D eigenvalue weighted by atomic mass is 16.3. The number of anilines is 1. The Hall–Kier alpha value is -2.62. The van der Waals surface area contributed by atoms with Gasteiger partial charge in [-0.1, -0.05) is 38.5 Å². The van der Waals surface area contributed by atoms with E-state index >= 15 is 0 Å². The van der Waals surface area contributed by atoms with Crippen LogP contribution < -0.4 is 5.32 Å². The first-order chi connectivity index (χ1) is 14.3. The van der Waals surface area contributed by atoms with Crippen LogP contribution in [-0.2, 0) is 11.2 Å². The highest BCUT2D eigenvalue weighted by Crippen LogP contribution is 2.31. The molecule has 2 aromatic carbocycles. The van der Waals surface area contributed by atoms with Crippen molar-refractivity contribution >= 4 is 17.4 Å². The van der Waals surface area contributed by atoms with Gasteiger partial charge in [0.15, 0.2) is 5.78 Å². The van der Waals surface area contributed by atoms with Crippen LogP contribution >= 0.6 is 0 Å². The lowest BCUT2D eigenvalue weighted by molar-refractivity contribution is -0.121. The first-order valence-corrected chi connectivity index (χ1v) is 11.0. The summed E-state index contributed by atoms with van der Waals surface area (Å²) in [4.78, 5) is 23.3.